The molecule has 0 atom stereocenters. The maximum atomic E-state index is 10.9. The van der Waals surface area contributed by atoms with Crippen molar-refractivity contribution in [1.82, 2.24) is 4.90 Å². The van der Waals surface area contributed by atoms with Crippen molar-refractivity contribution in [2.45, 2.75) is 39.7 Å². The Labute approximate surface area is 121 Å². The van der Waals surface area contributed by atoms with Gasteiger partial charge in [-0.05, 0) is 58.8 Å². The number of nitro groups is 1. The third kappa shape index (κ3) is 5.17. The van der Waals surface area contributed by atoms with Crippen molar-refractivity contribution in [1.29, 1.82) is 0 Å². The van der Waals surface area contributed by atoms with Gasteiger partial charge in [0.2, 0.25) is 0 Å². The topological polar surface area (TPSA) is 58.4 Å². The molecule has 0 heterocycles. The van der Waals surface area contributed by atoms with Crippen LogP contribution in [0.4, 0.5) is 11.4 Å². The Morgan fingerprint density at radius 1 is 1.35 bits per heavy atom. The number of nitrogens with zero attached hydrogens (tertiary/aromatic N) is 2. The summed E-state index contributed by atoms with van der Waals surface area (Å²) in [6.07, 6.45) is 2.09. The quantitative estimate of drug-likeness (QED) is 0.450. The van der Waals surface area contributed by atoms with E-state index in [2.05, 4.69) is 31.1 Å². The molecular formula is C15H25N3O2. The molecule has 1 N–H and O–H groups in total. The van der Waals surface area contributed by atoms with E-state index in [-0.39, 0.29) is 10.6 Å². The molecule has 5 heteroatoms. The summed E-state index contributed by atoms with van der Waals surface area (Å²) in [5.41, 5.74) is 1.79. The number of hydrogen-bond donors (Lipinski definition) is 1. The Bertz CT molecular complexity index is 447. The van der Waals surface area contributed by atoms with Gasteiger partial charge in [-0.25, -0.2) is 0 Å². The van der Waals surface area contributed by atoms with Crippen LogP contribution in [0.25, 0.3) is 0 Å². The minimum Gasteiger partial charge on any atom is -0.379 e. The molecule has 0 saturated heterocycles. The van der Waals surface area contributed by atoms with E-state index < -0.39 is 0 Å². The molecule has 0 amide bonds. The van der Waals surface area contributed by atoms with Gasteiger partial charge in [0.1, 0.15) is 5.69 Å². The average Bonchev–Trinajstić information content (AvgIpc) is 2.37. The zero-order valence-electron chi connectivity index (χ0n) is 12.8. The number of hydrogen-bond acceptors (Lipinski definition) is 4. The van der Waals surface area contributed by atoms with Crippen molar-refractivity contribution in [3.63, 3.8) is 0 Å². The summed E-state index contributed by atoms with van der Waals surface area (Å²) in [5.74, 6) is 0. The normalized spacial score (nSPS) is 11.1. The molecule has 0 radical (unpaired) electrons. The molecule has 0 spiro atoms. The van der Waals surface area contributed by atoms with Crippen LogP contribution in [-0.2, 0) is 0 Å². The van der Waals surface area contributed by atoms with E-state index in [1.165, 1.54) is 0 Å². The van der Waals surface area contributed by atoms with Crippen molar-refractivity contribution in [2.75, 3.05) is 25.5 Å². The Morgan fingerprint density at radius 3 is 2.65 bits per heavy atom. The van der Waals surface area contributed by atoms with Crippen LogP contribution in [0.2, 0.25) is 0 Å². The van der Waals surface area contributed by atoms with Crippen LogP contribution in [0, 0.1) is 17.0 Å². The first-order valence-corrected chi connectivity index (χ1v) is 7.11. The van der Waals surface area contributed by atoms with Crippen molar-refractivity contribution in [2.24, 2.45) is 0 Å². The second kappa shape index (κ2) is 7.85. The van der Waals surface area contributed by atoms with E-state index in [9.17, 15) is 10.1 Å². The molecule has 0 bridgehead atoms. The van der Waals surface area contributed by atoms with Crippen LogP contribution < -0.4 is 5.32 Å². The maximum Gasteiger partial charge on any atom is 0.292 e. The van der Waals surface area contributed by atoms with Crippen LogP contribution in [-0.4, -0.2) is 36.0 Å². The molecule has 0 saturated carbocycles. The third-order valence-electron chi connectivity index (χ3n) is 3.48. The molecule has 1 rings (SSSR count). The molecule has 0 aliphatic heterocycles. The molecule has 5 nitrogen and oxygen atoms in total. The van der Waals surface area contributed by atoms with Crippen molar-refractivity contribution in [3.05, 3.63) is 33.9 Å². The lowest BCUT2D eigenvalue weighted by Crippen LogP contribution is -2.27. The van der Waals surface area contributed by atoms with Crippen LogP contribution in [0.1, 0.15) is 32.3 Å². The van der Waals surface area contributed by atoms with Crippen molar-refractivity contribution in [3.8, 4) is 0 Å². The number of unbranched alkanes of at least 4 members (excludes halogenated alkanes) is 1. The number of nitro benzene ring substituents is 1. The SMILES string of the molecule is Cc1ccc([N+](=O)[O-])c(NCCCCN(C)C(C)C)c1. The number of aryl methyl sites for hydroxylation is 1. The highest BCUT2D eigenvalue weighted by Crippen LogP contribution is 2.25. The Morgan fingerprint density at radius 2 is 2.05 bits per heavy atom. The van der Waals surface area contributed by atoms with Gasteiger partial charge in [-0.3, -0.25) is 10.1 Å². The summed E-state index contributed by atoms with van der Waals surface area (Å²) in [5, 5.41) is 14.1. The Kier molecular flexibility index (Phi) is 6.45. The van der Waals surface area contributed by atoms with Gasteiger partial charge in [-0.1, -0.05) is 6.07 Å². The van der Waals surface area contributed by atoms with Gasteiger partial charge >= 0.3 is 0 Å². The summed E-state index contributed by atoms with van der Waals surface area (Å²) >= 11 is 0. The predicted octanol–water partition coefficient (Wildman–Crippen LogP) is 3.44. The monoisotopic (exact) mass is 279 g/mol. The minimum atomic E-state index is -0.339. The Hall–Kier alpha value is -1.62. The standard InChI is InChI=1S/C15H25N3O2/c1-12(2)17(4)10-6-5-9-16-14-11-13(3)7-8-15(14)18(19)20/h7-8,11-12,16H,5-6,9-10H2,1-4H3. The zero-order valence-corrected chi connectivity index (χ0v) is 12.8. The van der Waals surface area contributed by atoms with E-state index in [0.29, 0.717) is 11.7 Å². The number of benzene rings is 1. The van der Waals surface area contributed by atoms with E-state index in [1.807, 2.05) is 13.0 Å². The summed E-state index contributed by atoms with van der Waals surface area (Å²) < 4.78 is 0. The van der Waals surface area contributed by atoms with Gasteiger partial charge in [0.15, 0.2) is 0 Å². The summed E-state index contributed by atoms with van der Waals surface area (Å²) in [4.78, 5) is 12.9. The van der Waals surface area contributed by atoms with E-state index in [0.717, 1.165) is 31.5 Å². The van der Waals surface area contributed by atoms with Crippen molar-refractivity contribution >= 4 is 11.4 Å². The molecule has 112 valence electrons. The van der Waals surface area contributed by atoms with Crippen molar-refractivity contribution < 1.29 is 4.92 Å². The molecule has 0 aliphatic carbocycles. The van der Waals surface area contributed by atoms with Gasteiger partial charge in [-0.15, -0.1) is 0 Å². The Balaban J connectivity index is 2.42. The van der Waals surface area contributed by atoms with Crippen LogP contribution in [0.15, 0.2) is 18.2 Å². The summed E-state index contributed by atoms with van der Waals surface area (Å²) in [7, 11) is 2.11. The number of rotatable bonds is 8. The van der Waals surface area contributed by atoms with Crippen LogP contribution in [0.3, 0.4) is 0 Å². The molecule has 0 aromatic heterocycles. The first-order chi connectivity index (χ1) is 9.41. The first-order valence-electron chi connectivity index (χ1n) is 7.11. The fraction of sp³-hybridized carbons (Fsp3) is 0.600. The number of anilines is 1. The first kappa shape index (κ1) is 16.4. The average molecular weight is 279 g/mol. The lowest BCUT2D eigenvalue weighted by molar-refractivity contribution is -0.384. The molecule has 20 heavy (non-hydrogen) atoms. The van der Waals surface area contributed by atoms with Gasteiger partial charge in [0, 0.05) is 18.7 Å². The molecule has 0 aliphatic rings. The molecule has 0 unspecified atom stereocenters. The minimum absolute atomic E-state index is 0.148. The van der Waals surface area contributed by atoms with Gasteiger partial charge in [-0.2, -0.15) is 0 Å². The fourth-order valence-electron chi connectivity index (χ4n) is 1.92. The zero-order chi connectivity index (χ0) is 15.1. The smallest absolute Gasteiger partial charge is 0.292 e. The second-order valence-electron chi connectivity index (χ2n) is 5.49. The summed E-state index contributed by atoms with van der Waals surface area (Å²) in [6, 6.07) is 5.71. The fourth-order valence-corrected chi connectivity index (χ4v) is 1.92. The van der Waals surface area contributed by atoms with E-state index in [4.69, 9.17) is 0 Å². The highest BCUT2D eigenvalue weighted by atomic mass is 16.6. The van der Waals surface area contributed by atoms with Gasteiger partial charge in [0.05, 0.1) is 4.92 Å². The molecular weight excluding hydrogens is 254 g/mol. The lowest BCUT2D eigenvalue weighted by atomic mass is 10.2. The molecule has 1 aromatic carbocycles. The number of nitrogens with one attached hydrogen (secondary N) is 1. The second-order valence-corrected chi connectivity index (χ2v) is 5.49. The van der Waals surface area contributed by atoms with Gasteiger partial charge < -0.3 is 10.2 Å². The third-order valence-corrected chi connectivity index (χ3v) is 3.48. The predicted molar refractivity (Wildman–Crippen MR) is 83.3 cm³/mol. The van der Waals surface area contributed by atoms with E-state index >= 15 is 0 Å². The van der Waals surface area contributed by atoms with E-state index in [1.54, 1.807) is 12.1 Å². The lowest BCUT2D eigenvalue weighted by Gasteiger charge is -2.20. The summed E-state index contributed by atoms with van der Waals surface area (Å²) in [6.45, 7) is 8.10. The maximum absolute atomic E-state index is 10.9. The van der Waals surface area contributed by atoms with Crippen LogP contribution in [0.5, 0.6) is 0 Å². The highest BCUT2D eigenvalue weighted by molar-refractivity contribution is 5.62. The van der Waals surface area contributed by atoms with Crippen LogP contribution >= 0.6 is 0 Å². The largest absolute Gasteiger partial charge is 0.379 e. The van der Waals surface area contributed by atoms with Gasteiger partial charge in [0.25, 0.3) is 5.69 Å². The molecule has 0 fully saturated rings. The highest BCUT2D eigenvalue weighted by Gasteiger charge is 2.12. The molecule has 1 aromatic rings.